The van der Waals surface area contributed by atoms with Gasteiger partial charge in [0.15, 0.2) is 0 Å². The van der Waals surface area contributed by atoms with E-state index in [-0.39, 0.29) is 11.4 Å². The van der Waals surface area contributed by atoms with Gasteiger partial charge in [-0.15, -0.1) is 0 Å². The molecule has 0 aliphatic heterocycles. The van der Waals surface area contributed by atoms with Crippen molar-refractivity contribution < 1.29 is 4.39 Å². The Morgan fingerprint density at radius 1 is 1.45 bits per heavy atom. The normalized spacial score (nSPS) is 11.7. The molecule has 0 aliphatic carbocycles. The molecule has 2 rings (SSSR count). The van der Waals surface area contributed by atoms with Crippen LogP contribution in [0.15, 0.2) is 35.3 Å². The molecule has 1 heterocycles. The SMILES string of the molecule is Cc1cc(NC(C#N)c2cc(Cl)c[nH]c2=O)ccc1F. The van der Waals surface area contributed by atoms with Crippen LogP contribution in [0.3, 0.4) is 0 Å². The van der Waals surface area contributed by atoms with Crippen LogP contribution in [-0.4, -0.2) is 4.98 Å². The van der Waals surface area contributed by atoms with Crippen molar-refractivity contribution in [2.24, 2.45) is 0 Å². The minimum absolute atomic E-state index is 0.210. The molecule has 2 N–H and O–H groups in total. The Morgan fingerprint density at radius 2 is 2.20 bits per heavy atom. The average Bonchev–Trinajstić information content (AvgIpc) is 2.43. The Morgan fingerprint density at radius 3 is 2.85 bits per heavy atom. The van der Waals surface area contributed by atoms with E-state index in [1.54, 1.807) is 13.0 Å². The summed E-state index contributed by atoms with van der Waals surface area (Å²) in [6.45, 7) is 1.62. The lowest BCUT2D eigenvalue weighted by Gasteiger charge is -2.13. The Labute approximate surface area is 119 Å². The minimum atomic E-state index is -0.873. The van der Waals surface area contributed by atoms with Gasteiger partial charge in [-0.1, -0.05) is 11.6 Å². The molecular formula is C14H11ClFN3O. The third-order valence-corrected chi connectivity index (χ3v) is 3.02. The molecule has 1 aromatic carbocycles. The van der Waals surface area contributed by atoms with Gasteiger partial charge in [-0.2, -0.15) is 5.26 Å². The highest BCUT2D eigenvalue weighted by atomic mass is 35.5. The van der Waals surface area contributed by atoms with Crippen LogP contribution >= 0.6 is 11.6 Å². The van der Waals surface area contributed by atoms with Crippen LogP contribution in [0.25, 0.3) is 0 Å². The van der Waals surface area contributed by atoms with E-state index in [0.29, 0.717) is 16.3 Å². The summed E-state index contributed by atoms with van der Waals surface area (Å²) in [5.41, 5.74) is 0.816. The smallest absolute Gasteiger partial charge is 0.254 e. The summed E-state index contributed by atoms with van der Waals surface area (Å²) in [4.78, 5) is 14.2. The summed E-state index contributed by atoms with van der Waals surface area (Å²) in [6.07, 6.45) is 1.35. The number of pyridine rings is 1. The van der Waals surface area contributed by atoms with E-state index in [1.165, 1.54) is 24.4 Å². The highest BCUT2D eigenvalue weighted by molar-refractivity contribution is 6.30. The molecule has 0 aliphatic rings. The molecule has 1 aromatic heterocycles. The fourth-order valence-electron chi connectivity index (χ4n) is 1.77. The number of aromatic nitrogens is 1. The van der Waals surface area contributed by atoms with Crippen molar-refractivity contribution >= 4 is 17.3 Å². The third kappa shape index (κ3) is 2.98. The molecule has 4 nitrogen and oxygen atoms in total. The van der Waals surface area contributed by atoms with E-state index in [1.807, 2.05) is 6.07 Å². The van der Waals surface area contributed by atoms with Gasteiger partial charge in [0, 0.05) is 11.9 Å². The van der Waals surface area contributed by atoms with Crippen molar-refractivity contribution in [2.75, 3.05) is 5.32 Å². The number of nitrogens with one attached hydrogen (secondary N) is 2. The van der Waals surface area contributed by atoms with Crippen LogP contribution in [-0.2, 0) is 0 Å². The number of halogens is 2. The highest BCUT2D eigenvalue weighted by Crippen LogP contribution is 2.20. The predicted octanol–water partition coefficient (Wildman–Crippen LogP) is 3.15. The second-order valence-corrected chi connectivity index (χ2v) is 4.71. The number of anilines is 1. The standard InChI is InChI=1S/C14H11ClFN3O/c1-8-4-10(2-3-12(8)16)19-13(6-17)11-5-9(15)7-18-14(11)20/h2-5,7,13,19H,1H3,(H,18,20). The van der Waals surface area contributed by atoms with Crippen molar-refractivity contribution in [1.82, 2.24) is 4.98 Å². The third-order valence-electron chi connectivity index (χ3n) is 2.81. The van der Waals surface area contributed by atoms with E-state index in [2.05, 4.69) is 10.3 Å². The van der Waals surface area contributed by atoms with E-state index in [4.69, 9.17) is 11.6 Å². The largest absolute Gasteiger partial charge is 0.366 e. The van der Waals surface area contributed by atoms with Crippen molar-refractivity contribution in [1.29, 1.82) is 5.26 Å². The molecule has 0 fully saturated rings. The molecule has 0 saturated heterocycles. The van der Waals surface area contributed by atoms with Gasteiger partial charge in [0.25, 0.3) is 5.56 Å². The monoisotopic (exact) mass is 291 g/mol. The molecule has 0 spiro atoms. The maximum absolute atomic E-state index is 13.2. The summed E-state index contributed by atoms with van der Waals surface area (Å²) >= 11 is 5.81. The Bertz CT molecular complexity index is 736. The van der Waals surface area contributed by atoms with Crippen molar-refractivity contribution in [3.63, 3.8) is 0 Å². The van der Waals surface area contributed by atoms with Crippen LogP contribution in [0.1, 0.15) is 17.2 Å². The Hall–Kier alpha value is -2.32. The molecule has 20 heavy (non-hydrogen) atoms. The van der Waals surface area contributed by atoms with E-state index < -0.39 is 11.6 Å². The molecule has 0 bridgehead atoms. The number of hydrogen-bond acceptors (Lipinski definition) is 3. The summed E-state index contributed by atoms with van der Waals surface area (Å²) in [6, 6.07) is 6.91. The van der Waals surface area contributed by atoms with Crippen LogP contribution in [0, 0.1) is 24.1 Å². The molecule has 0 saturated carbocycles. The molecule has 6 heteroatoms. The molecular weight excluding hydrogens is 281 g/mol. The molecule has 1 unspecified atom stereocenters. The van der Waals surface area contributed by atoms with Gasteiger partial charge in [0.05, 0.1) is 16.7 Å². The number of hydrogen-bond donors (Lipinski definition) is 2. The zero-order chi connectivity index (χ0) is 14.7. The Kier molecular flexibility index (Phi) is 4.06. The van der Waals surface area contributed by atoms with Gasteiger partial charge in [0.1, 0.15) is 11.9 Å². The molecule has 1 atom stereocenters. The van der Waals surface area contributed by atoms with Crippen molar-refractivity contribution in [3.8, 4) is 6.07 Å². The van der Waals surface area contributed by atoms with E-state index in [0.717, 1.165) is 0 Å². The van der Waals surface area contributed by atoms with Crippen molar-refractivity contribution in [2.45, 2.75) is 13.0 Å². The summed E-state index contributed by atoms with van der Waals surface area (Å²) < 4.78 is 13.2. The number of aryl methyl sites for hydroxylation is 1. The first-order chi connectivity index (χ1) is 9.51. The fourth-order valence-corrected chi connectivity index (χ4v) is 1.94. The topological polar surface area (TPSA) is 68.7 Å². The van der Waals surface area contributed by atoms with E-state index >= 15 is 0 Å². The van der Waals surface area contributed by atoms with Crippen LogP contribution in [0.4, 0.5) is 10.1 Å². The zero-order valence-corrected chi connectivity index (χ0v) is 11.3. The lowest BCUT2D eigenvalue weighted by Crippen LogP contribution is -2.20. The molecule has 102 valence electrons. The van der Waals surface area contributed by atoms with E-state index in [9.17, 15) is 14.4 Å². The zero-order valence-electron chi connectivity index (χ0n) is 10.6. The second-order valence-electron chi connectivity index (χ2n) is 4.27. The summed E-state index contributed by atoms with van der Waals surface area (Å²) in [5.74, 6) is -0.329. The number of rotatable bonds is 3. The van der Waals surface area contributed by atoms with Gasteiger partial charge >= 0.3 is 0 Å². The van der Waals surface area contributed by atoms with Gasteiger partial charge in [-0.05, 0) is 36.8 Å². The van der Waals surface area contributed by atoms with Gasteiger partial charge in [0.2, 0.25) is 0 Å². The number of benzene rings is 1. The first-order valence-corrected chi connectivity index (χ1v) is 6.19. The summed E-state index contributed by atoms with van der Waals surface area (Å²) in [5, 5.41) is 12.4. The van der Waals surface area contributed by atoms with Gasteiger partial charge in [-0.3, -0.25) is 4.79 Å². The lowest BCUT2D eigenvalue weighted by molar-refractivity contribution is 0.618. The second kappa shape index (κ2) is 5.76. The van der Waals surface area contributed by atoms with Gasteiger partial charge < -0.3 is 10.3 Å². The number of aromatic amines is 1. The number of nitriles is 1. The predicted molar refractivity (Wildman–Crippen MR) is 75.2 cm³/mol. The maximum Gasteiger partial charge on any atom is 0.254 e. The highest BCUT2D eigenvalue weighted by Gasteiger charge is 2.15. The fraction of sp³-hybridized carbons (Fsp3) is 0.143. The van der Waals surface area contributed by atoms with Crippen LogP contribution < -0.4 is 10.9 Å². The lowest BCUT2D eigenvalue weighted by atomic mass is 10.1. The molecule has 0 amide bonds. The number of nitrogens with zero attached hydrogens (tertiary/aromatic N) is 1. The first kappa shape index (κ1) is 14.1. The molecule has 0 radical (unpaired) electrons. The minimum Gasteiger partial charge on any atom is -0.366 e. The van der Waals surface area contributed by atoms with Crippen molar-refractivity contribution in [3.05, 3.63) is 62.8 Å². The van der Waals surface area contributed by atoms with Crippen LogP contribution in [0.2, 0.25) is 5.02 Å². The van der Waals surface area contributed by atoms with Crippen LogP contribution in [0.5, 0.6) is 0 Å². The summed E-state index contributed by atoms with van der Waals surface area (Å²) in [7, 11) is 0. The Balaban J connectivity index is 2.34. The maximum atomic E-state index is 13.2. The molecule has 2 aromatic rings. The number of H-pyrrole nitrogens is 1. The van der Waals surface area contributed by atoms with Gasteiger partial charge in [-0.25, -0.2) is 4.39 Å². The first-order valence-electron chi connectivity index (χ1n) is 5.81. The quantitative estimate of drug-likeness (QED) is 0.913. The average molecular weight is 292 g/mol.